The van der Waals surface area contributed by atoms with E-state index in [9.17, 15) is 9.59 Å². The Balaban J connectivity index is 1.63. The van der Waals surface area contributed by atoms with E-state index in [4.69, 9.17) is 5.26 Å². The molecule has 0 bridgehead atoms. The number of fused-ring (bicyclic) bond motifs is 1. The minimum atomic E-state index is -0.696. The van der Waals surface area contributed by atoms with Gasteiger partial charge in [-0.2, -0.15) is 5.26 Å². The lowest BCUT2D eigenvalue weighted by atomic mass is 10.0. The van der Waals surface area contributed by atoms with Crippen LogP contribution in [0.25, 0.3) is 10.8 Å². The number of carbonyl (C=O) groups excluding carboxylic acids is 2. The summed E-state index contributed by atoms with van der Waals surface area (Å²) in [5, 5.41) is 16.5. The van der Waals surface area contributed by atoms with Crippen molar-refractivity contribution in [1.82, 2.24) is 5.32 Å². The Morgan fingerprint density at radius 2 is 1.78 bits per heavy atom. The van der Waals surface area contributed by atoms with E-state index in [-0.39, 0.29) is 18.2 Å². The number of nitrogens with zero attached hydrogens (tertiary/aromatic N) is 1. The highest BCUT2D eigenvalue weighted by molar-refractivity contribution is 5.98. The Kier molecular flexibility index (Phi) is 5.48. The highest BCUT2D eigenvalue weighted by atomic mass is 16.2. The summed E-state index contributed by atoms with van der Waals surface area (Å²) >= 11 is 0. The Morgan fingerprint density at radius 3 is 2.59 bits per heavy atom. The van der Waals surface area contributed by atoms with Crippen molar-refractivity contribution in [2.45, 2.75) is 19.4 Å². The van der Waals surface area contributed by atoms with Gasteiger partial charge in [-0.25, -0.2) is 0 Å². The van der Waals surface area contributed by atoms with Gasteiger partial charge in [0.05, 0.1) is 18.1 Å². The van der Waals surface area contributed by atoms with Crippen molar-refractivity contribution in [3.8, 4) is 6.07 Å². The summed E-state index contributed by atoms with van der Waals surface area (Å²) in [6.45, 7) is 1.63. The maximum absolute atomic E-state index is 12.4. The van der Waals surface area contributed by atoms with Crippen LogP contribution in [0.3, 0.4) is 0 Å². The number of nitrogens with one attached hydrogen (secondary N) is 2. The second-order valence-corrected chi connectivity index (χ2v) is 6.29. The van der Waals surface area contributed by atoms with Crippen molar-refractivity contribution >= 4 is 28.3 Å². The number of amides is 2. The molecule has 0 radical (unpaired) electrons. The monoisotopic (exact) mass is 357 g/mol. The third-order valence-electron chi connectivity index (χ3n) is 4.26. The molecule has 5 nitrogen and oxygen atoms in total. The molecule has 3 rings (SSSR count). The van der Waals surface area contributed by atoms with Gasteiger partial charge in [-0.05, 0) is 41.5 Å². The molecule has 3 aromatic carbocycles. The molecule has 0 saturated carbocycles. The van der Waals surface area contributed by atoms with Crippen LogP contribution in [0, 0.1) is 11.3 Å². The zero-order chi connectivity index (χ0) is 19.2. The smallest absolute Gasteiger partial charge is 0.246 e. The maximum Gasteiger partial charge on any atom is 0.246 e. The number of rotatable bonds is 5. The predicted molar refractivity (Wildman–Crippen MR) is 105 cm³/mol. The van der Waals surface area contributed by atoms with Crippen LogP contribution < -0.4 is 10.6 Å². The fourth-order valence-corrected chi connectivity index (χ4v) is 2.89. The number of benzene rings is 3. The van der Waals surface area contributed by atoms with Gasteiger partial charge in [-0.1, -0.05) is 48.5 Å². The number of hydrogen-bond donors (Lipinski definition) is 2. The summed E-state index contributed by atoms with van der Waals surface area (Å²) in [5.41, 5.74) is 1.90. The lowest BCUT2D eigenvalue weighted by Crippen LogP contribution is -2.42. The van der Waals surface area contributed by atoms with Crippen LogP contribution >= 0.6 is 0 Å². The molecule has 0 aliphatic heterocycles. The first-order chi connectivity index (χ1) is 13.1. The summed E-state index contributed by atoms with van der Waals surface area (Å²) in [7, 11) is 0. The molecule has 2 amide bonds. The first-order valence-electron chi connectivity index (χ1n) is 8.64. The minimum Gasteiger partial charge on any atom is -0.344 e. The zero-order valence-corrected chi connectivity index (χ0v) is 14.9. The lowest BCUT2D eigenvalue weighted by Gasteiger charge is -2.15. The molecule has 5 heteroatoms. The standard InChI is InChI=1S/C22H19N3O2/c1-15(22(27)25-19-10-4-6-16(12-19)14-23)24-21(26)13-18-9-5-8-17-7-2-3-11-20(17)18/h2-12,15H,13H2,1H3,(H,24,26)(H,25,27). The minimum absolute atomic E-state index is 0.197. The quantitative estimate of drug-likeness (QED) is 0.734. The molecule has 0 aromatic heterocycles. The van der Waals surface area contributed by atoms with Gasteiger partial charge in [0.15, 0.2) is 0 Å². The van der Waals surface area contributed by atoms with Gasteiger partial charge in [-0.3, -0.25) is 9.59 Å². The van der Waals surface area contributed by atoms with Gasteiger partial charge >= 0.3 is 0 Å². The van der Waals surface area contributed by atoms with Crippen molar-refractivity contribution in [2.75, 3.05) is 5.32 Å². The molecule has 2 N–H and O–H groups in total. The van der Waals surface area contributed by atoms with E-state index < -0.39 is 6.04 Å². The highest BCUT2D eigenvalue weighted by Crippen LogP contribution is 2.19. The highest BCUT2D eigenvalue weighted by Gasteiger charge is 2.16. The number of hydrogen-bond acceptors (Lipinski definition) is 3. The van der Waals surface area contributed by atoms with Crippen LogP contribution in [-0.2, 0) is 16.0 Å². The summed E-state index contributed by atoms with van der Waals surface area (Å²) < 4.78 is 0. The van der Waals surface area contributed by atoms with E-state index in [1.165, 1.54) is 0 Å². The summed E-state index contributed by atoms with van der Waals surface area (Å²) in [4.78, 5) is 24.7. The Hall–Kier alpha value is -3.65. The molecule has 0 heterocycles. The fourth-order valence-electron chi connectivity index (χ4n) is 2.89. The summed E-state index contributed by atoms with van der Waals surface area (Å²) in [6, 6.07) is 21.7. The normalized spacial score (nSPS) is 11.4. The number of nitriles is 1. The number of carbonyl (C=O) groups is 2. The van der Waals surface area contributed by atoms with Crippen molar-refractivity contribution in [1.29, 1.82) is 5.26 Å². The molecule has 1 atom stereocenters. The van der Waals surface area contributed by atoms with Crippen molar-refractivity contribution in [2.24, 2.45) is 0 Å². The third-order valence-corrected chi connectivity index (χ3v) is 4.26. The third kappa shape index (κ3) is 4.50. The molecule has 0 aliphatic rings. The Morgan fingerprint density at radius 1 is 1.04 bits per heavy atom. The molecule has 134 valence electrons. The van der Waals surface area contributed by atoms with E-state index in [0.717, 1.165) is 16.3 Å². The first-order valence-corrected chi connectivity index (χ1v) is 8.64. The van der Waals surface area contributed by atoms with E-state index in [2.05, 4.69) is 10.6 Å². The van der Waals surface area contributed by atoms with Crippen molar-refractivity contribution in [3.63, 3.8) is 0 Å². The van der Waals surface area contributed by atoms with Crippen LogP contribution in [0.1, 0.15) is 18.1 Å². The maximum atomic E-state index is 12.4. The number of anilines is 1. The summed E-state index contributed by atoms with van der Waals surface area (Å²) in [6.07, 6.45) is 0.197. The molecule has 27 heavy (non-hydrogen) atoms. The molecular formula is C22H19N3O2. The topological polar surface area (TPSA) is 82.0 Å². The van der Waals surface area contributed by atoms with Gasteiger partial charge in [0.1, 0.15) is 6.04 Å². The second-order valence-electron chi connectivity index (χ2n) is 6.29. The second kappa shape index (κ2) is 8.15. The Labute approximate surface area is 157 Å². The van der Waals surface area contributed by atoms with Gasteiger partial charge in [0.2, 0.25) is 11.8 Å². The van der Waals surface area contributed by atoms with E-state index in [1.807, 2.05) is 48.5 Å². The van der Waals surface area contributed by atoms with Gasteiger partial charge in [0, 0.05) is 5.69 Å². The SMILES string of the molecule is CC(NC(=O)Cc1cccc2ccccc12)C(=O)Nc1cccc(C#N)c1. The molecule has 1 unspecified atom stereocenters. The first kappa shape index (κ1) is 18.2. The van der Waals surface area contributed by atoms with Gasteiger partial charge in [-0.15, -0.1) is 0 Å². The molecule has 0 spiro atoms. The van der Waals surface area contributed by atoms with Crippen molar-refractivity contribution in [3.05, 3.63) is 77.9 Å². The molecule has 0 fully saturated rings. The zero-order valence-electron chi connectivity index (χ0n) is 14.9. The van der Waals surface area contributed by atoms with E-state index in [1.54, 1.807) is 31.2 Å². The average molecular weight is 357 g/mol. The largest absolute Gasteiger partial charge is 0.344 e. The lowest BCUT2D eigenvalue weighted by molar-refractivity contribution is -0.125. The van der Waals surface area contributed by atoms with Crippen LogP contribution in [0.15, 0.2) is 66.7 Å². The van der Waals surface area contributed by atoms with Gasteiger partial charge < -0.3 is 10.6 Å². The average Bonchev–Trinajstić information content (AvgIpc) is 2.68. The Bertz CT molecular complexity index is 1030. The molecule has 0 aliphatic carbocycles. The molecule has 0 saturated heterocycles. The fraction of sp³-hybridized carbons (Fsp3) is 0.136. The van der Waals surface area contributed by atoms with Crippen LogP contribution in [-0.4, -0.2) is 17.9 Å². The molecule has 3 aromatic rings. The predicted octanol–water partition coefficient (Wildman–Crippen LogP) is 3.40. The summed E-state index contributed by atoms with van der Waals surface area (Å²) in [5.74, 6) is -0.559. The van der Waals surface area contributed by atoms with E-state index in [0.29, 0.717) is 11.3 Å². The van der Waals surface area contributed by atoms with Gasteiger partial charge in [0.25, 0.3) is 0 Å². The van der Waals surface area contributed by atoms with Crippen LogP contribution in [0.2, 0.25) is 0 Å². The van der Waals surface area contributed by atoms with E-state index >= 15 is 0 Å². The van der Waals surface area contributed by atoms with Crippen LogP contribution in [0.4, 0.5) is 5.69 Å². The molecular weight excluding hydrogens is 338 g/mol. The van der Waals surface area contributed by atoms with Crippen LogP contribution in [0.5, 0.6) is 0 Å². The van der Waals surface area contributed by atoms with Crippen molar-refractivity contribution < 1.29 is 9.59 Å².